The van der Waals surface area contributed by atoms with Crippen molar-refractivity contribution in [2.24, 2.45) is 34.3 Å². The van der Waals surface area contributed by atoms with E-state index in [1.54, 1.807) is 0 Å². The van der Waals surface area contributed by atoms with Gasteiger partial charge < -0.3 is 5.73 Å². The Bertz CT molecular complexity index is 425. The van der Waals surface area contributed by atoms with Crippen LogP contribution in [-0.2, 0) is 0 Å². The van der Waals surface area contributed by atoms with E-state index in [1.807, 2.05) is 5.57 Å². The van der Waals surface area contributed by atoms with E-state index < -0.39 is 0 Å². The van der Waals surface area contributed by atoms with Gasteiger partial charge >= 0.3 is 0 Å². The molecule has 0 radical (unpaired) electrons. The Balaban J connectivity index is 1.69. The molecular weight excluding hydrogens is 242 g/mol. The second kappa shape index (κ2) is 4.60. The summed E-state index contributed by atoms with van der Waals surface area (Å²) in [6.07, 6.45) is 17.0. The van der Waals surface area contributed by atoms with Crippen LogP contribution in [0.15, 0.2) is 11.6 Å². The number of fused-ring (bicyclic) bond motifs is 5. The smallest absolute Gasteiger partial charge is 0.00178 e. The van der Waals surface area contributed by atoms with Gasteiger partial charge in [0.1, 0.15) is 0 Å². The predicted octanol–water partition coefficient (Wildman–Crippen LogP) is 4.67. The van der Waals surface area contributed by atoms with E-state index in [4.69, 9.17) is 5.73 Å². The first-order valence-electron chi connectivity index (χ1n) is 9.09. The predicted molar refractivity (Wildman–Crippen MR) is 84.3 cm³/mol. The van der Waals surface area contributed by atoms with E-state index in [9.17, 15) is 0 Å². The van der Waals surface area contributed by atoms with E-state index in [1.165, 1.54) is 64.2 Å². The standard InChI is InChI=1S/C19H31N/c1-18-10-3-2-5-14(18)7-8-15-16(18)9-12-19(13-20)11-4-6-17(15)19/h7,15-17H,2-6,8-13,20H2,1H3/t15-,16+,17+,18+,19+/m1/s1. The van der Waals surface area contributed by atoms with Crippen LogP contribution < -0.4 is 5.73 Å². The van der Waals surface area contributed by atoms with E-state index in [2.05, 4.69) is 13.0 Å². The molecule has 0 unspecified atom stereocenters. The van der Waals surface area contributed by atoms with Crippen molar-refractivity contribution >= 4 is 0 Å². The average Bonchev–Trinajstić information content (AvgIpc) is 2.91. The summed E-state index contributed by atoms with van der Waals surface area (Å²) < 4.78 is 0. The zero-order valence-corrected chi connectivity index (χ0v) is 13.2. The van der Waals surface area contributed by atoms with Gasteiger partial charge in [-0.3, -0.25) is 0 Å². The molecule has 0 aromatic heterocycles. The van der Waals surface area contributed by atoms with Gasteiger partial charge in [0.25, 0.3) is 0 Å². The molecule has 112 valence electrons. The highest BCUT2D eigenvalue weighted by atomic mass is 14.7. The van der Waals surface area contributed by atoms with Gasteiger partial charge in [0.15, 0.2) is 0 Å². The highest BCUT2D eigenvalue weighted by molar-refractivity contribution is 5.24. The molecule has 0 aromatic carbocycles. The summed E-state index contributed by atoms with van der Waals surface area (Å²) >= 11 is 0. The first-order chi connectivity index (χ1) is 9.70. The van der Waals surface area contributed by atoms with Crippen LogP contribution in [0.2, 0.25) is 0 Å². The van der Waals surface area contributed by atoms with Gasteiger partial charge in [-0.05, 0) is 86.5 Å². The fraction of sp³-hybridized carbons (Fsp3) is 0.895. The molecule has 0 bridgehead atoms. The van der Waals surface area contributed by atoms with Crippen LogP contribution in [0.25, 0.3) is 0 Å². The van der Waals surface area contributed by atoms with E-state index in [0.717, 1.165) is 24.3 Å². The highest BCUT2D eigenvalue weighted by Gasteiger charge is 2.56. The maximum Gasteiger partial charge on any atom is -0.00178 e. The number of allylic oxidation sites excluding steroid dienone is 2. The second-order valence-corrected chi connectivity index (χ2v) is 8.46. The van der Waals surface area contributed by atoms with Crippen LogP contribution in [0.3, 0.4) is 0 Å². The minimum Gasteiger partial charge on any atom is -0.330 e. The van der Waals surface area contributed by atoms with Gasteiger partial charge in [-0.15, -0.1) is 0 Å². The number of hydrogen-bond acceptors (Lipinski definition) is 1. The summed E-state index contributed by atoms with van der Waals surface area (Å²) in [5.41, 5.74) is 9.19. The van der Waals surface area contributed by atoms with Crippen molar-refractivity contribution in [1.82, 2.24) is 0 Å². The lowest BCUT2D eigenvalue weighted by molar-refractivity contribution is -0.0291. The molecule has 0 aliphatic heterocycles. The molecule has 4 aliphatic carbocycles. The first-order valence-corrected chi connectivity index (χ1v) is 9.09. The minimum absolute atomic E-state index is 0.539. The maximum atomic E-state index is 6.25. The van der Waals surface area contributed by atoms with E-state index in [-0.39, 0.29) is 0 Å². The molecular formula is C19H31N. The molecule has 4 aliphatic rings. The second-order valence-electron chi connectivity index (χ2n) is 8.46. The maximum absolute atomic E-state index is 6.25. The Morgan fingerprint density at radius 3 is 2.85 bits per heavy atom. The third-order valence-electron chi connectivity index (χ3n) is 7.95. The largest absolute Gasteiger partial charge is 0.330 e. The Kier molecular flexibility index (Phi) is 3.07. The Morgan fingerprint density at radius 1 is 1.10 bits per heavy atom. The fourth-order valence-electron chi connectivity index (χ4n) is 6.85. The lowest BCUT2D eigenvalue weighted by Crippen LogP contribution is -2.51. The molecule has 1 heteroatoms. The lowest BCUT2D eigenvalue weighted by Gasteiger charge is -2.57. The van der Waals surface area contributed by atoms with Crippen molar-refractivity contribution < 1.29 is 0 Å². The molecule has 4 rings (SSSR count). The molecule has 0 spiro atoms. The summed E-state index contributed by atoms with van der Waals surface area (Å²) in [7, 11) is 0. The normalized spacial score (nSPS) is 50.9. The fourth-order valence-corrected chi connectivity index (χ4v) is 6.85. The third kappa shape index (κ3) is 1.65. The molecule has 5 atom stereocenters. The average molecular weight is 273 g/mol. The summed E-state index contributed by atoms with van der Waals surface area (Å²) in [5, 5.41) is 0. The molecule has 3 saturated carbocycles. The van der Waals surface area contributed by atoms with E-state index in [0.29, 0.717) is 10.8 Å². The van der Waals surface area contributed by atoms with Crippen LogP contribution in [-0.4, -0.2) is 6.54 Å². The highest BCUT2D eigenvalue weighted by Crippen LogP contribution is 2.64. The molecule has 0 saturated heterocycles. The van der Waals surface area contributed by atoms with Crippen molar-refractivity contribution in [1.29, 1.82) is 0 Å². The zero-order chi connectivity index (χ0) is 13.8. The van der Waals surface area contributed by atoms with Gasteiger partial charge in [0.05, 0.1) is 0 Å². The van der Waals surface area contributed by atoms with Gasteiger partial charge in [0, 0.05) is 0 Å². The molecule has 2 N–H and O–H groups in total. The molecule has 0 aromatic rings. The van der Waals surface area contributed by atoms with Crippen molar-refractivity contribution in [3.8, 4) is 0 Å². The summed E-state index contributed by atoms with van der Waals surface area (Å²) in [6.45, 7) is 3.56. The first kappa shape index (κ1) is 13.4. The summed E-state index contributed by atoms with van der Waals surface area (Å²) in [4.78, 5) is 0. The van der Waals surface area contributed by atoms with Gasteiger partial charge in [-0.1, -0.05) is 31.4 Å². The van der Waals surface area contributed by atoms with Gasteiger partial charge in [-0.25, -0.2) is 0 Å². The summed E-state index contributed by atoms with van der Waals surface area (Å²) in [6, 6.07) is 0. The van der Waals surface area contributed by atoms with E-state index >= 15 is 0 Å². The minimum atomic E-state index is 0.539. The van der Waals surface area contributed by atoms with Crippen LogP contribution in [0, 0.1) is 28.6 Å². The number of nitrogens with two attached hydrogens (primary N) is 1. The van der Waals surface area contributed by atoms with Crippen LogP contribution in [0.5, 0.6) is 0 Å². The topological polar surface area (TPSA) is 26.0 Å². The molecule has 3 fully saturated rings. The molecule has 20 heavy (non-hydrogen) atoms. The number of hydrogen-bond donors (Lipinski definition) is 1. The molecule has 1 nitrogen and oxygen atoms in total. The zero-order valence-electron chi connectivity index (χ0n) is 13.2. The van der Waals surface area contributed by atoms with Crippen molar-refractivity contribution in [3.05, 3.63) is 11.6 Å². The van der Waals surface area contributed by atoms with Gasteiger partial charge in [0.2, 0.25) is 0 Å². The Hall–Kier alpha value is -0.300. The molecule has 0 amide bonds. The SMILES string of the molecule is C[C@]12CCCCC1=CC[C@H]1[C@@H]3CCC[C@@]3(CN)CC[C@@H]12. The Morgan fingerprint density at radius 2 is 2.00 bits per heavy atom. The van der Waals surface area contributed by atoms with Crippen molar-refractivity contribution in [2.45, 2.75) is 71.1 Å². The third-order valence-corrected chi connectivity index (χ3v) is 7.95. The van der Waals surface area contributed by atoms with Crippen LogP contribution in [0.1, 0.15) is 71.1 Å². The van der Waals surface area contributed by atoms with Crippen LogP contribution >= 0.6 is 0 Å². The number of rotatable bonds is 1. The quantitative estimate of drug-likeness (QED) is 0.690. The van der Waals surface area contributed by atoms with Crippen molar-refractivity contribution in [2.75, 3.05) is 6.54 Å². The lowest BCUT2D eigenvalue weighted by atomic mass is 9.48. The Labute approximate surface area is 124 Å². The summed E-state index contributed by atoms with van der Waals surface area (Å²) in [5.74, 6) is 2.88. The monoisotopic (exact) mass is 273 g/mol. The van der Waals surface area contributed by atoms with Crippen LogP contribution in [0.4, 0.5) is 0 Å². The molecule has 0 heterocycles. The van der Waals surface area contributed by atoms with Crippen molar-refractivity contribution in [3.63, 3.8) is 0 Å². The van der Waals surface area contributed by atoms with Gasteiger partial charge in [-0.2, -0.15) is 0 Å².